The first kappa shape index (κ1) is 16.1. The number of aliphatic hydroxyl groups is 1. The molecule has 1 aliphatic rings. The maximum absolute atomic E-state index is 12.4. The molecule has 118 valence electrons. The van der Waals surface area contributed by atoms with E-state index >= 15 is 0 Å². The van der Waals surface area contributed by atoms with Crippen LogP contribution in [0.25, 0.3) is 0 Å². The normalized spacial score (nSPS) is 18.5. The molecule has 21 heavy (non-hydrogen) atoms. The Hall–Kier alpha value is -1.23. The summed E-state index contributed by atoms with van der Waals surface area (Å²) in [5, 5.41) is 10.2. The molecule has 2 rings (SSSR count). The standard InChI is InChI=1S/C16H21F3O2/c17-16(18,19)21-15-9-5-4-8-13(15)14(20)11-10-12-6-2-1-3-7-12/h4-5,8-9,12,14,20H,1-3,6-7,10-11H2. The minimum absolute atomic E-state index is 0.214. The molecule has 1 saturated carbocycles. The molecular formula is C16H21F3O2. The van der Waals surface area contributed by atoms with Gasteiger partial charge in [-0.05, 0) is 24.8 Å². The number of halogens is 3. The van der Waals surface area contributed by atoms with E-state index in [9.17, 15) is 18.3 Å². The summed E-state index contributed by atoms with van der Waals surface area (Å²) in [6.45, 7) is 0. The molecule has 0 aromatic heterocycles. The third kappa shape index (κ3) is 5.23. The van der Waals surface area contributed by atoms with Crippen LogP contribution in [-0.2, 0) is 0 Å². The summed E-state index contributed by atoms with van der Waals surface area (Å²) < 4.78 is 41.1. The smallest absolute Gasteiger partial charge is 0.405 e. The van der Waals surface area contributed by atoms with Crippen LogP contribution in [0.2, 0.25) is 0 Å². The van der Waals surface area contributed by atoms with Crippen molar-refractivity contribution < 1.29 is 23.0 Å². The summed E-state index contributed by atoms with van der Waals surface area (Å²) in [5.41, 5.74) is 0.214. The molecule has 1 N–H and O–H groups in total. The molecule has 1 fully saturated rings. The van der Waals surface area contributed by atoms with Crippen molar-refractivity contribution >= 4 is 0 Å². The Morgan fingerprint density at radius 3 is 2.48 bits per heavy atom. The Bertz CT molecular complexity index is 439. The number of rotatable bonds is 5. The molecule has 1 aromatic carbocycles. The molecule has 0 saturated heterocycles. The zero-order chi connectivity index (χ0) is 15.3. The van der Waals surface area contributed by atoms with Crippen LogP contribution in [0.4, 0.5) is 13.2 Å². The highest BCUT2D eigenvalue weighted by molar-refractivity contribution is 5.35. The van der Waals surface area contributed by atoms with E-state index in [2.05, 4.69) is 4.74 Å². The quantitative estimate of drug-likeness (QED) is 0.831. The highest BCUT2D eigenvalue weighted by Gasteiger charge is 2.32. The van der Waals surface area contributed by atoms with Gasteiger partial charge in [-0.15, -0.1) is 13.2 Å². The first-order valence-corrected chi connectivity index (χ1v) is 7.48. The van der Waals surface area contributed by atoms with Crippen LogP contribution in [0.1, 0.15) is 56.6 Å². The van der Waals surface area contributed by atoms with Crippen LogP contribution < -0.4 is 4.74 Å². The topological polar surface area (TPSA) is 29.5 Å². The fraction of sp³-hybridized carbons (Fsp3) is 0.625. The van der Waals surface area contributed by atoms with Crippen LogP contribution >= 0.6 is 0 Å². The highest BCUT2D eigenvalue weighted by atomic mass is 19.4. The summed E-state index contributed by atoms with van der Waals surface area (Å²) in [5.74, 6) is 0.283. The number of alkyl halides is 3. The number of ether oxygens (including phenoxy) is 1. The zero-order valence-corrected chi connectivity index (χ0v) is 11.9. The van der Waals surface area contributed by atoms with Crippen molar-refractivity contribution in [3.05, 3.63) is 29.8 Å². The van der Waals surface area contributed by atoms with Crippen molar-refractivity contribution in [3.63, 3.8) is 0 Å². The lowest BCUT2D eigenvalue weighted by molar-refractivity contribution is -0.275. The van der Waals surface area contributed by atoms with Gasteiger partial charge >= 0.3 is 6.36 Å². The summed E-state index contributed by atoms with van der Waals surface area (Å²) >= 11 is 0. The lowest BCUT2D eigenvalue weighted by Gasteiger charge is -2.23. The molecule has 0 aliphatic heterocycles. The Morgan fingerprint density at radius 2 is 1.81 bits per heavy atom. The molecule has 0 bridgehead atoms. The summed E-state index contributed by atoms with van der Waals surface area (Å²) in [6.07, 6.45) is 1.69. The first-order chi connectivity index (χ1) is 9.96. The second kappa shape index (κ2) is 7.16. The maximum atomic E-state index is 12.4. The number of aliphatic hydroxyl groups excluding tert-OH is 1. The van der Waals surface area contributed by atoms with E-state index in [0.29, 0.717) is 12.3 Å². The van der Waals surface area contributed by atoms with Gasteiger partial charge in [-0.1, -0.05) is 50.3 Å². The van der Waals surface area contributed by atoms with Gasteiger partial charge in [0, 0.05) is 5.56 Å². The second-order valence-corrected chi connectivity index (χ2v) is 5.68. The van der Waals surface area contributed by atoms with Crippen molar-refractivity contribution in [2.24, 2.45) is 5.92 Å². The zero-order valence-electron chi connectivity index (χ0n) is 11.9. The van der Waals surface area contributed by atoms with Crippen LogP contribution in [0.15, 0.2) is 24.3 Å². The second-order valence-electron chi connectivity index (χ2n) is 5.68. The van der Waals surface area contributed by atoms with Crippen LogP contribution in [0.5, 0.6) is 5.75 Å². The summed E-state index contributed by atoms with van der Waals surface area (Å²) in [7, 11) is 0. The molecule has 0 spiro atoms. The monoisotopic (exact) mass is 302 g/mol. The Morgan fingerprint density at radius 1 is 1.14 bits per heavy atom. The lowest BCUT2D eigenvalue weighted by Crippen LogP contribution is -2.19. The van der Waals surface area contributed by atoms with E-state index in [4.69, 9.17) is 0 Å². The number of para-hydroxylation sites is 1. The third-order valence-electron chi connectivity index (χ3n) is 4.08. The van der Waals surface area contributed by atoms with Crippen molar-refractivity contribution in [2.75, 3.05) is 0 Å². The molecule has 1 atom stereocenters. The molecule has 1 aromatic rings. The fourth-order valence-corrected chi connectivity index (χ4v) is 3.00. The van der Waals surface area contributed by atoms with E-state index < -0.39 is 12.5 Å². The number of benzene rings is 1. The van der Waals surface area contributed by atoms with Gasteiger partial charge in [0.15, 0.2) is 0 Å². The van der Waals surface area contributed by atoms with Crippen molar-refractivity contribution in [1.29, 1.82) is 0 Å². The maximum Gasteiger partial charge on any atom is 0.573 e. The Labute approximate surface area is 122 Å². The van der Waals surface area contributed by atoms with Crippen molar-refractivity contribution in [2.45, 2.75) is 57.4 Å². The molecule has 0 radical (unpaired) electrons. The fourth-order valence-electron chi connectivity index (χ4n) is 3.00. The molecule has 1 aliphatic carbocycles. The van der Waals surface area contributed by atoms with Crippen LogP contribution in [-0.4, -0.2) is 11.5 Å². The molecular weight excluding hydrogens is 281 g/mol. The van der Waals surface area contributed by atoms with Gasteiger partial charge in [-0.3, -0.25) is 0 Å². The minimum Gasteiger partial charge on any atom is -0.405 e. The van der Waals surface area contributed by atoms with Crippen molar-refractivity contribution in [1.82, 2.24) is 0 Å². The van der Waals surface area contributed by atoms with Crippen LogP contribution in [0, 0.1) is 5.92 Å². The van der Waals surface area contributed by atoms with Crippen molar-refractivity contribution in [3.8, 4) is 5.75 Å². The van der Waals surface area contributed by atoms with Gasteiger partial charge in [0.2, 0.25) is 0 Å². The molecule has 1 unspecified atom stereocenters. The highest BCUT2D eigenvalue weighted by Crippen LogP contribution is 2.34. The van der Waals surface area contributed by atoms with Gasteiger partial charge < -0.3 is 9.84 Å². The SMILES string of the molecule is OC(CCC1CCCCC1)c1ccccc1OC(F)(F)F. The largest absolute Gasteiger partial charge is 0.573 e. The Balaban J connectivity index is 1.96. The van der Waals surface area contributed by atoms with Gasteiger partial charge in [0.05, 0.1) is 6.10 Å². The van der Waals surface area contributed by atoms with E-state index in [1.807, 2.05) is 0 Å². The summed E-state index contributed by atoms with van der Waals surface area (Å²) in [6, 6.07) is 5.82. The average molecular weight is 302 g/mol. The average Bonchev–Trinajstić information content (AvgIpc) is 2.45. The van der Waals surface area contributed by atoms with Gasteiger partial charge in [-0.2, -0.15) is 0 Å². The minimum atomic E-state index is -4.74. The van der Waals surface area contributed by atoms with Crippen LogP contribution in [0.3, 0.4) is 0 Å². The lowest BCUT2D eigenvalue weighted by atomic mass is 9.85. The number of hydrogen-bond donors (Lipinski definition) is 1. The van der Waals surface area contributed by atoms with Gasteiger partial charge in [-0.25, -0.2) is 0 Å². The molecule has 0 amide bonds. The van der Waals surface area contributed by atoms with E-state index in [-0.39, 0.29) is 11.3 Å². The predicted octanol–water partition coefficient (Wildman–Crippen LogP) is 4.98. The van der Waals surface area contributed by atoms with Gasteiger partial charge in [0.1, 0.15) is 5.75 Å². The predicted molar refractivity (Wildman–Crippen MR) is 73.9 cm³/mol. The van der Waals surface area contributed by atoms with E-state index in [1.165, 1.54) is 37.5 Å². The molecule has 0 heterocycles. The molecule has 5 heteroatoms. The van der Waals surface area contributed by atoms with Gasteiger partial charge in [0.25, 0.3) is 0 Å². The Kier molecular flexibility index (Phi) is 5.51. The van der Waals surface area contributed by atoms with E-state index in [0.717, 1.165) is 19.3 Å². The van der Waals surface area contributed by atoms with E-state index in [1.54, 1.807) is 6.07 Å². The molecule has 2 nitrogen and oxygen atoms in total. The first-order valence-electron chi connectivity index (χ1n) is 7.48. The third-order valence-corrected chi connectivity index (χ3v) is 4.08. The number of hydrogen-bond acceptors (Lipinski definition) is 2. The summed E-state index contributed by atoms with van der Waals surface area (Å²) in [4.78, 5) is 0.